The molecule has 0 radical (unpaired) electrons. The second-order valence-corrected chi connectivity index (χ2v) is 8.17. The van der Waals surface area contributed by atoms with E-state index in [0.717, 1.165) is 11.8 Å². The molecular weight excluding hydrogens is 410 g/mol. The highest BCUT2D eigenvalue weighted by Crippen LogP contribution is 2.28. The molecule has 9 nitrogen and oxygen atoms in total. The monoisotopic (exact) mass is 429 g/mol. The number of anilines is 1. The van der Waals surface area contributed by atoms with Crippen LogP contribution in [0.3, 0.4) is 0 Å². The Bertz CT molecular complexity index is 1200. The van der Waals surface area contributed by atoms with Crippen LogP contribution in [0.4, 0.5) is 6.01 Å². The van der Waals surface area contributed by atoms with Crippen LogP contribution in [0.1, 0.15) is 5.56 Å². The predicted octanol–water partition coefficient (Wildman–Crippen LogP) is 2.81. The van der Waals surface area contributed by atoms with E-state index in [1.165, 1.54) is 32.4 Å². The van der Waals surface area contributed by atoms with E-state index in [9.17, 15) is 13.2 Å². The molecule has 1 aromatic heterocycles. The number of rotatable bonds is 7. The third-order valence-electron chi connectivity index (χ3n) is 4.00. The SMILES string of the molecule is COc1ccc(/C=C/C(=O)Nc2nnc(-c3cccc(S(C)(=O)=O)c3)o2)cc1OC. The Morgan fingerprint density at radius 1 is 1.07 bits per heavy atom. The van der Waals surface area contributed by atoms with E-state index < -0.39 is 15.7 Å². The summed E-state index contributed by atoms with van der Waals surface area (Å²) in [6.07, 6.45) is 4.00. The zero-order valence-corrected chi connectivity index (χ0v) is 17.3. The summed E-state index contributed by atoms with van der Waals surface area (Å²) in [5, 5.41) is 10.1. The van der Waals surface area contributed by atoms with Crippen molar-refractivity contribution in [3.8, 4) is 23.0 Å². The van der Waals surface area contributed by atoms with E-state index in [-0.39, 0.29) is 16.8 Å². The van der Waals surface area contributed by atoms with Crippen LogP contribution in [-0.4, -0.2) is 45.0 Å². The molecule has 0 spiro atoms. The van der Waals surface area contributed by atoms with Crippen molar-refractivity contribution in [1.29, 1.82) is 0 Å². The molecule has 1 amide bonds. The van der Waals surface area contributed by atoms with Gasteiger partial charge in [0.25, 0.3) is 5.91 Å². The Hall–Kier alpha value is -3.66. The molecule has 0 saturated heterocycles. The summed E-state index contributed by atoms with van der Waals surface area (Å²) in [5.41, 5.74) is 1.15. The number of aromatic nitrogens is 2. The Labute approximate surface area is 173 Å². The summed E-state index contributed by atoms with van der Waals surface area (Å²) < 4.78 is 39.2. The number of sulfone groups is 1. The minimum atomic E-state index is -3.37. The van der Waals surface area contributed by atoms with Gasteiger partial charge in [-0.2, -0.15) is 0 Å². The van der Waals surface area contributed by atoms with Gasteiger partial charge >= 0.3 is 6.01 Å². The Morgan fingerprint density at radius 2 is 1.83 bits per heavy atom. The number of ether oxygens (including phenoxy) is 2. The molecule has 10 heteroatoms. The summed E-state index contributed by atoms with van der Waals surface area (Å²) >= 11 is 0. The lowest BCUT2D eigenvalue weighted by atomic mass is 10.2. The van der Waals surface area contributed by atoms with Crippen molar-refractivity contribution >= 4 is 27.8 Å². The fourth-order valence-corrected chi connectivity index (χ4v) is 3.19. The molecule has 0 bridgehead atoms. The van der Waals surface area contributed by atoms with Crippen LogP contribution in [0.5, 0.6) is 11.5 Å². The second kappa shape index (κ2) is 8.78. The van der Waals surface area contributed by atoms with E-state index in [1.54, 1.807) is 36.4 Å². The number of nitrogens with zero attached hydrogens (tertiary/aromatic N) is 2. The molecule has 2 aromatic carbocycles. The van der Waals surface area contributed by atoms with Crippen LogP contribution in [0.25, 0.3) is 17.5 Å². The molecule has 0 atom stereocenters. The van der Waals surface area contributed by atoms with E-state index in [4.69, 9.17) is 13.9 Å². The van der Waals surface area contributed by atoms with E-state index in [0.29, 0.717) is 17.1 Å². The average molecular weight is 429 g/mol. The first-order chi connectivity index (χ1) is 14.3. The van der Waals surface area contributed by atoms with Crippen LogP contribution in [0.15, 0.2) is 57.9 Å². The first kappa shape index (κ1) is 21.1. The van der Waals surface area contributed by atoms with Crippen molar-refractivity contribution < 1.29 is 27.1 Å². The Kier molecular flexibility index (Phi) is 6.17. The summed E-state index contributed by atoms with van der Waals surface area (Å²) in [6, 6.07) is 11.2. The molecular formula is C20H19N3O6S. The third kappa shape index (κ3) is 5.03. The topological polar surface area (TPSA) is 121 Å². The molecule has 3 aromatic rings. The average Bonchev–Trinajstić information content (AvgIpc) is 3.20. The van der Waals surface area contributed by atoms with Gasteiger partial charge in [0.1, 0.15) is 0 Å². The molecule has 0 unspecified atom stereocenters. The van der Waals surface area contributed by atoms with Gasteiger partial charge in [-0.1, -0.05) is 17.2 Å². The molecule has 1 N–H and O–H groups in total. The zero-order chi connectivity index (χ0) is 21.7. The van der Waals surface area contributed by atoms with Gasteiger partial charge < -0.3 is 13.9 Å². The van der Waals surface area contributed by atoms with Gasteiger partial charge in [0.2, 0.25) is 5.89 Å². The number of carbonyl (C=O) groups is 1. The first-order valence-electron chi connectivity index (χ1n) is 8.65. The van der Waals surface area contributed by atoms with Gasteiger partial charge in [0.15, 0.2) is 21.3 Å². The summed E-state index contributed by atoms with van der Waals surface area (Å²) in [4.78, 5) is 12.3. The number of methoxy groups -OCH3 is 2. The normalized spacial score (nSPS) is 11.4. The standard InChI is InChI=1S/C20H19N3O6S/c1-27-16-9-7-13(11-17(16)28-2)8-10-18(24)21-20-23-22-19(29-20)14-5-4-6-15(12-14)30(3,25)26/h4-12H,1-3H3,(H,21,23,24)/b10-8+. The lowest BCUT2D eigenvalue weighted by molar-refractivity contribution is -0.112. The van der Waals surface area contributed by atoms with E-state index in [2.05, 4.69) is 15.5 Å². The maximum atomic E-state index is 12.1. The minimum Gasteiger partial charge on any atom is -0.493 e. The van der Waals surface area contributed by atoms with Crippen LogP contribution in [-0.2, 0) is 14.6 Å². The van der Waals surface area contributed by atoms with Gasteiger partial charge in [-0.15, -0.1) is 5.10 Å². The molecule has 3 rings (SSSR count). The molecule has 0 saturated carbocycles. The predicted molar refractivity (Wildman–Crippen MR) is 110 cm³/mol. The number of hydrogen-bond acceptors (Lipinski definition) is 8. The van der Waals surface area contributed by atoms with E-state index >= 15 is 0 Å². The van der Waals surface area contributed by atoms with Gasteiger partial charge in [0, 0.05) is 17.9 Å². The second-order valence-electron chi connectivity index (χ2n) is 6.15. The van der Waals surface area contributed by atoms with Crippen molar-refractivity contribution in [2.24, 2.45) is 0 Å². The molecule has 1 heterocycles. The Morgan fingerprint density at radius 3 is 2.53 bits per heavy atom. The highest BCUT2D eigenvalue weighted by Gasteiger charge is 2.13. The number of benzene rings is 2. The van der Waals surface area contributed by atoms with Gasteiger partial charge in [-0.3, -0.25) is 10.1 Å². The highest BCUT2D eigenvalue weighted by atomic mass is 32.2. The maximum absolute atomic E-state index is 12.1. The number of amides is 1. The number of carbonyl (C=O) groups excluding carboxylic acids is 1. The fraction of sp³-hybridized carbons (Fsp3) is 0.150. The van der Waals surface area contributed by atoms with Crippen molar-refractivity contribution in [2.75, 3.05) is 25.8 Å². The number of hydrogen-bond donors (Lipinski definition) is 1. The fourth-order valence-electron chi connectivity index (χ4n) is 2.53. The molecule has 156 valence electrons. The van der Waals surface area contributed by atoms with Crippen molar-refractivity contribution in [2.45, 2.75) is 4.90 Å². The smallest absolute Gasteiger partial charge is 0.322 e. The lowest BCUT2D eigenvalue weighted by Crippen LogP contribution is -2.07. The first-order valence-corrected chi connectivity index (χ1v) is 10.5. The van der Waals surface area contributed by atoms with Crippen LogP contribution in [0, 0.1) is 0 Å². The third-order valence-corrected chi connectivity index (χ3v) is 5.11. The molecule has 30 heavy (non-hydrogen) atoms. The molecule has 0 aliphatic carbocycles. The largest absolute Gasteiger partial charge is 0.493 e. The molecule has 0 aliphatic rings. The quantitative estimate of drug-likeness (QED) is 0.569. The molecule has 0 aliphatic heterocycles. The maximum Gasteiger partial charge on any atom is 0.322 e. The van der Waals surface area contributed by atoms with Crippen molar-refractivity contribution in [3.63, 3.8) is 0 Å². The molecule has 0 fully saturated rings. The van der Waals surface area contributed by atoms with Crippen molar-refractivity contribution in [1.82, 2.24) is 10.2 Å². The summed E-state index contributed by atoms with van der Waals surface area (Å²) in [7, 11) is -0.311. The minimum absolute atomic E-state index is 0.0830. The van der Waals surface area contributed by atoms with Crippen molar-refractivity contribution in [3.05, 3.63) is 54.1 Å². The van der Waals surface area contributed by atoms with Crippen LogP contribution in [0.2, 0.25) is 0 Å². The van der Waals surface area contributed by atoms with Gasteiger partial charge in [-0.25, -0.2) is 8.42 Å². The van der Waals surface area contributed by atoms with Crippen LogP contribution < -0.4 is 14.8 Å². The lowest BCUT2D eigenvalue weighted by Gasteiger charge is -2.07. The Balaban J connectivity index is 1.70. The van der Waals surface area contributed by atoms with E-state index in [1.807, 2.05) is 0 Å². The summed E-state index contributed by atoms with van der Waals surface area (Å²) in [6.45, 7) is 0. The number of nitrogens with one attached hydrogen (secondary N) is 1. The zero-order valence-electron chi connectivity index (χ0n) is 16.4. The van der Waals surface area contributed by atoms with Gasteiger partial charge in [0.05, 0.1) is 19.1 Å². The summed E-state index contributed by atoms with van der Waals surface area (Å²) in [5.74, 6) is 0.722. The van der Waals surface area contributed by atoms with Gasteiger partial charge in [-0.05, 0) is 42.0 Å². The van der Waals surface area contributed by atoms with Crippen LogP contribution >= 0.6 is 0 Å². The highest BCUT2D eigenvalue weighted by molar-refractivity contribution is 7.90.